The Balaban J connectivity index is 2.07. The van der Waals surface area contributed by atoms with Crippen LogP contribution in [0.1, 0.15) is 41.5 Å². The molecule has 128 valence electrons. The number of rotatable bonds is 5. The summed E-state index contributed by atoms with van der Waals surface area (Å²) in [7, 11) is -1.48. The maximum atomic E-state index is 11.5. The summed E-state index contributed by atoms with van der Waals surface area (Å²) in [6, 6.07) is 12.3. The Bertz CT molecular complexity index is 917. The van der Waals surface area contributed by atoms with Gasteiger partial charge in [0.25, 0.3) is 0 Å². The summed E-state index contributed by atoms with van der Waals surface area (Å²) < 4.78 is 2.07. The lowest BCUT2D eigenvalue weighted by molar-refractivity contribution is 0.100. The highest BCUT2D eigenvalue weighted by Crippen LogP contribution is 2.24. The van der Waals surface area contributed by atoms with Crippen molar-refractivity contribution in [2.24, 2.45) is 5.73 Å². The second-order valence-corrected chi connectivity index (χ2v) is 6.39. The fourth-order valence-electron chi connectivity index (χ4n) is 2.88. The molecular weight excluding hydrogens is 317 g/mol. The quantitative estimate of drug-likeness (QED) is 0.604. The molecule has 0 saturated carbocycles. The molecule has 6 nitrogen and oxygen atoms in total. The first-order chi connectivity index (χ1) is 11.9. The second kappa shape index (κ2) is 6.70. The molecule has 0 aliphatic heterocycles. The number of primary amides is 1. The van der Waals surface area contributed by atoms with Crippen molar-refractivity contribution in [1.82, 2.24) is 9.55 Å². The van der Waals surface area contributed by atoms with Crippen molar-refractivity contribution < 1.29 is 14.8 Å². The smallest absolute Gasteiger partial charge is 0.423 e. The predicted octanol–water partition coefficient (Wildman–Crippen LogP) is 0.987. The van der Waals surface area contributed by atoms with Crippen LogP contribution >= 0.6 is 0 Å². The molecule has 25 heavy (non-hydrogen) atoms. The molecule has 1 amide bonds. The van der Waals surface area contributed by atoms with Crippen LogP contribution in [-0.2, 0) is 6.54 Å². The molecule has 0 atom stereocenters. The van der Waals surface area contributed by atoms with Crippen LogP contribution in [0.15, 0.2) is 42.5 Å². The topological polar surface area (TPSA) is 101 Å². The molecule has 2 aromatic carbocycles. The van der Waals surface area contributed by atoms with E-state index < -0.39 is 13.0 Å². The highest BCUT2D eigenvalue weighted by Gasteiger charge is 2.16. The van der Waals surface area contributed by atoms with Crippen molar-refractivity contribution >= 4 is 29.5 Å². The van der Waals surface area contributed by atoms with Gasteiger partial charge in [-0.2, -0.15) is 0 Å². The van der Waals surface area contributed by atoms with Crippen LogP contribution in [0.4, 0.5) is 0 Å². The van der Waals surface area contributed by atoms with Gasteiger partial charge >= 0.3 is 7.12 Å². The molecule has 0 aliphatic carbocycles. The fourth-order valence-corrected chi connectivity index (χ4v) is 2.88. The molecule has 4 N–H and O–H groups in total. The zero-order chi connectivity index (χ0) is 18.1. The first kappa shape index (κ1) is 17.2. The lowest BCUT2D eigenvalue weighted by atomic mass is 9.80. The normalized spacial score (nSPS) is 11.2. The first-order valence-electron chi connectivity index (χ1n) is 8.11. The zero-order valence-corrected chi connectivity index (χ0v) is 14.2. The molecule has 3 rings (SSSR count). The summed E-state index contributed by atoms with van der Waals surface area (Å²) in [4.78, 5) is 16.2. The number of hydrogen-bond acceptors (Lipinski definition) is 4. The number of carbonyl (C=O) groups is 1. The average molecular weight is 337 g/mol. The zero-order valence-electron chi connectivity index (χ0n) is 14.2. The number of imidazole rings is 1. The van der Waals surface area contributed by atoms with Gasteiger partial charge in [-0.1, -0.05) is 38.1 Å². The van der Waals surface area contributed by atoms with Gasteiger partial charge in [0.1, 0.15) is 5.82 Å². The number of nitrogens with zero attached hydrogens (tertiary/aromatic N) is 2. The number of carbonyl (C=O) groups excluding carboxylic acids is 1. The molecule has 0 saturated heterocycles. The molecule has 7 heteroatoms. The van der Waals surface area contributed by atoms with Gasteiger partial charge in [-0.3, -0.25) is 4.79 Å². The first-order valence-corrected chi connectivity index (χ1v) is 8.11. The highest BCUT2D eigenvalue weighted by atomic mass is 16.4. The van der Waals surface area contributed by atoms with E-state index in [4.69, 9.17) is 5.73 Å². The van der Waals surface area contributed by atoms with Gasteiger partial charge in [-0.05, 0) is 29.2 Å². The molecule has 0 fully saturated rings. The molecule has 0 aliphatic rings. The lowest BCUT2D eigenvalue weighted by Crippen LogP contribution is -2.29. The van der Waals surface area contributed by atoms with Gasteiger partial charge in [0, 0.05) is 18.0 Å². The predicted molar refractivity (Wildman–Crippen MR) is 97.7 cm³/mol. The maximum Gasteiger partial charge on any atom is 0.488 e. The summed E-state index contributed by atoms with van der Waals surface area (Å²) in [5.41, 5.74) is 8.96. The van der Waals surface area contributed by atoms with E-state index in [9.17, 15) is 14.8 Å². The second-order valence-electron chi connectivity index (χ2n) is 6.39. The summed E-state index contributed by atoms with van der Waals surface area (Å²) in [5, 5.41) is 18.4. The summed E-state index contributed by atoms with van der Waals surface area (Å²) in [6.07, 6.45) is 0. The largest absolute Gasteiger partial charge is 0.488 e. The Morgan fingerprint density at radius 2 is 1.88 bits per heavy atom. The van der Waals surface area contributed by atoms with Crippen molar-refractivity contribution in [3.05, 3.63) is 59.4 Å². The minimum Gasteiger partial charge on any atom is -0.423 e. The van der Waals surface area contributed by atoms with Crippen LogP contribution in [0.3, 0.4) is 0 Å². The number of amides is 1. The maximum absolute atomic E-state index is 11.5. The molecule has 0 unspecified atom stereocenters. The molecule has 3 aromatic rings. The standard InChI is InChI=1S/C18H20BN3O3/c1-11(2)18-21-15-8-5-13(17(20)23)9-16(15)22(18)10-12-3-6-14(7-4-12)19(24)25/h3-9,11,24-25H,10H2,1-2H3,(H2,20,23). The minimum absolute atomic E-state index is 0.211. The SMILES string of the molecule is CC(C)c1nc2ccc(C(N)=O)cc2n1Cc1ccc(B(O)O)cc1. The Morgan fingerprint density at radius 1 is 1.20 bits per heavy atom. The summed E-state index contributed by atoms with van der Waals surface area (Å²) in [5.74, 6) is 0.660. The van der Waals surface area contributed by atoms with Crippen LogP contribution < -0.4 is 11.2 Å². The van der Waals surface area contributed by atoms with Crippen LogP contribution in [0.25, 0.3) is 11.0 Å². The Morgan fingerprint density at radius 3 is 2.44 bits per heavy atom. The third-order valence-corrected chi connectivity index (χ3v) is 4.20. The van der Waals surface area contributed by atoms with Crippen molar-refractivity contribution in [3.8, 4) is 0 Å². The minimum atomic E-state index is -1.48. The van der Waals surface area contributed by atoms with E-state index >= 15 is 0 Å². The summed E-state index contributed by atoms with van der Waals surface area (Å²) >= 11 is 0. The summed E-state index contributed by atoms with van der Waals surface area (Å²) in [6.45, 7) is 4.70. The van der Waals surface area contributed by atoms with Crippen LogP contribution in [0.5, 0.6) is 0 Å². The third-order valence-electron chi connectivity index (χ3n) is 4.20. The van der Waals surface area contributed by atoms with Gasteiger partial charge in [0.2, 0.25) is 5.91 Å². The molecule has 0 bridgehead atoms. The number of benzene rings is 2. The van der Waals surface area contributed by atoms with Crippen LogP contribution in [0.2, 0.25) is 0 Å². The van der Waals surface area contributed by atoms with Crippen molar-refractivity contribution in [1.29, 1.82) is 0 Å². The van der Waals surface area contributed by atoms with Gasteiger partial charge in [-0.25, -0.2) is 4.98 Å². The molecule has 1 aromatic heterocycles. The van der Waals surface area contributed by atoms with Gasteiger partial charge in [-0.15, -0.1) is 0 Å². The highest BCUT2D eigenvalue weighted by molar-refractivity contribution is 6.58. The number of aromatic nitrogens is 2. The molecule has 1 heterocycles. The lowest BCUT2D eigenvalue weighted by Gasteiger charge is -2.12. The molecular formula is C18H20BN3O3. The Kier molecular flexibility index (Phi) is 4.61. The van der Waals surface area contributed by atoms with Gasteiger partial charge in [0.15, 0.2) is 0 Å². The van der Waals surface area contributed by atoms with Crippen molar-refractivity contribution in [3.63, 3.8) is 0 Å². The monoisotopic (exact) mass is 337 g/mol. The van der Waals surface area contributed by atoms with E-state index in [1.54, 1.807) is 24.3 Å². The van der Waals surface area contributed by atoms with E-state index in [0.717, 1.165) is 22.4 Å². The van der Waals surface area contributed by atoms with E-state index in [1.165, 1.54) is 0 Å². The number of nitrogens with two attached hydrogens (primary N) is 1. The molecule has 0 radical (unpaired) electrons. The van der Waals surface area contributed by atoms with Crippen LogP contribution in [-0.4, -0.2) is 32.6 Å². The Hall–Kier alpha value is -2.64. The van der Waals surface area contributed by atoms with E-state index in [1.807, 2.05) is 18.2 Å². The number of hydrogen-bond donors (Lipinski definition) is 3. The van der Waals surface area contributed by atoms with Crippen LogP contribution in [0, 0.1) is 0 Å². The van der Waals surface area contributed by atoms with Gasteiger partial charge < -0.3 is 20.3 Å². The van der Waals surface area contributed by atoms with E-state index in [-0.39, 0.29) is 5.92 Å². The average Bonchev–Trinajstić information content (AvgIpc) is 2.93. The van der Waals surface area contributed by atoms with Crippen molar-refractivity contribution in [2.45, 2.75) is 26.3 Å². The molecule has 0 spiro atoms. The van der Waals surface area contributed by atoms with Gasteiger partial charge in [0.05, 0.1) is 11.0 Å². The Labute approximate surface area is 146 Å². The van der Waals surface area contributed by atoms with E-state index in [0.29, 0.717) is 17.6 Å². The fraction of sp³-hybridized carbons (Fsp3) is 0.222. The van der Waals surface area contributed by atoms with E-state index in [2.05, 4.69) is 23.4 Å². The number of fused-ring (bicyclic) bond motifs is 1. The van der Waals surface area contributed by atoms with Crippen molar-refractivity contribution in [2.75, 3.05) is 0 Å². The third kappa shape index (κ3) is 3.43.